The third-order valence-corrected chi connectivity index (χ3v) is 2.88. The van der Waals surface area contributed by atoms with Crippen molar-refractivity contribution < 1.29 is 18.4 Å². The molecule has 104 valence electrons. The highest BCUT2D eigenvalue weighted by atomic mass is 79.9. The van der Waals surface area contributed by atoms with Crippen LogP contribution in [0.15, 0.2) is 28.9 Å². The van der Waals surface area contributed by atoms with Crippen molar-refractivity contribution in [2.45, 2.75) is 6.92 Å². The summed E-state index contributed by atoms with van der Waals surface area (Å²) in [5.41, 5.74) is 0.120. The van der Waals surface area contributed by atoms with Crippen LogP contribution in [0.1, 0.15) is 5.56 Å². The van der Waals surface area contributed by atoms with E-state index >= 15 is 0 Å². The molecule has 0 spiro atoms. The molecule has 1 aromatic carbocycles. The molecule has 1 aromatic heterocycles. The van der Waals surface area contributed by atoms with Gasteiger partial charge in [0, 0.05) is 16.2 Å². The summed E-state index contributed by atoms with van der Waals surface area (Å²) < 4.78 is 32.1. The standard InChI is InChI=1S/C12H7BrF2N2O3/c1-6-5-16-11(4-9(6)17(18)19)20-10-3-7(13)2-8(14)12(10)15/h2-5H,1H3. The fourth-order valence-electron chi connectivity index (χ4n) is 1.47. The number of ether oxygens (including phenoxy) is 1. The Balaban J connectivity index is 2.40. The van der Waals surface area contributed by atoms with E-state index in [0.29, 0.717) is 5.56 Å². The number of pyridine rings is 1. The first-order chi connectivity index (χ1) is 9.38. The van der Waals surface area contributed by atoms with E-state index in [-0.39, 0.29) is 16.0 Å². The van der Waals surface area contributed by atoms with Crippen LogP contribution in [0.2, 0.25) is 0 Å². The first kappa shape index (κ1) is 14.3. The van der Waals surface area contributed by atoms with Crippen molar-refractivity contribution in [2.75, 3.05) is 0 Å². The van der Waals surface area contributed by atoms with E-state index in [1.807, 2.05) is 0 Å². The second kappa shape index (κ2) is 5.49. The fraction of sp³-hybridized carbons (Fsp3) is 0.0833. The SMILES string of the molecule is Cc1cnc(Oc2cc(Br)cc(F)c2F)cc1[N+](=O)[O-]. The summed E-state index contributed by atoms with van der Waals surface area (Å²) in [6.07, 6.45) is 1.22. The van der Waals surface area contributed by atoms with Gasteiger partial charge in [0.1, 0.15) is 0 Å². The first-order valence-electron chi connectivity index (χ1n) is 5.32. The molecule has 0 saturated carbocycles. The van der Waals surface area contributed by atoms with Gasteiger partial charge in [0.25, 0.3) is 5.69 Å². The molecule has 0 unspecified atom stereocenters. The Morgan fingerprint density at radius 3 is 2.70 bits per heavy atom. The van der Waals surface area contributed by atoms with E-state index in [1.54, 1.807) is 0 Å². The number of halogens is 3. The zero-order valence-corrected chi connectivity index (χ0v) is 11.6. The Kier molecular flexibility index (Phi) is 3.93. The van der Waals surface area contributed by atoms with Gasteiger partial charge in [0.15, 0.2) is 11.6 Å². The first-order valence-corrected chi connectivity index (χ1v) is 6.11. The monoisotopic (exact) mass is 344 g/mol. The molecular formula is C12H7BrF2N2O3. The summed E-state index contributed by atoms with van der Waals surface area (Å²) >= 11 is 2.99. The van der Waals surface area contributed by atoms with Crippen LogP contribution in [-0.2, 0) is 0 Å². The van der Waals surface area contributed by atoms with Gasteiger partial charge in [-0.2, -0.15) is 4.39 Å². The van der Waals surface area contributed by atoms with E-state index < -0.39 is 22.3 Å². The van der Waals surface area contributed by atoms with Gasteiger partial charge < -0.3 is 4.74 Å². The van der Waals surface area contributed by atoms with E-state index in [9.17, 15) is 18.9 Å². The molecule has 0 aliphatic heterocycles. The lowest BCUT2D eigenvalue weighted by atomic mass is 10.2. The van der Waals surface area contributed by atoms with Crippen LogP contribution in [0.3, 0.4) is 0 Å². The number of aryl methyl sites for hydroxylation is 1. The molecule has 2 aromatic rings. The molecule has 0 saturated heterocycles. The molecule has 0 aliphatic rings. The Hall–Kier alpha value is -2.09. The lowest BCUT2D eigenvalue weighted by Crippen LogP contribution is -1.97. The van der Waals surface area contributed by atoms with Crippen LogP contribution in [0, 0.1) is 28.7 Å². The van der Waals surface area contributed by atoms with Crippen molar-refractivity contribution in [1.29, 1.82) is 0 Å². The van der Waals surface area contributed by atoms with E-state index in [0.717, 1.165) is 12.1 Å². The highest BCUT2D eigenvalue weighted by molar-refractivity contribution is 9.10. The van der Waals surface area contributed by atoms with Gasteiger partial charge in [-0.1, -0.05) is 15.9 Å². The molecule has 2 rings (SSSR count). The summed E-state index contributed by atoms with van der Waals surface area (Å²) in [7, 11) is 0. The largest absolute Gasteiger partial charge is 0.436 e. The van der Waals surface area contributed by atoms with Gasteiger partial charge in [0.2, 0.25) is 11.7 Å². The van der Waals surface area contributed by atoms with Crippen LogP contribution in [0.25, 0.3) is 0 Å². The molecule has 0 amide bonds. The van der Waals surface area contributed by atoms with E-state index in [4.69, 9.17) is 4.74 Å². The number of nitro groups is 1. The molecule has 0 aliphatic carbocycles. The molecule has 0 fully saturated rings. The highest BCUT2D eigenvalue weighted by Gasteiger charge is 2.16. The van der Waals surface area contributed by atoms with Gasteiger partial charge in [0.05, 0.1) is 11.0 Å². The van der Waals surface area contributed by atoms with Gasteiger partial charge >= 0.3 is 0 Å². The summed E-state index contributed by atoms with van der Waals surface area (Å²) in [5.74, 6) is -2.91. The van der Waals surface area contributed by atoms with Gasteiger partial charge in [-0.15, -0.1) is 0 Å². The summed E-state index contributed by atoms with van der Waals surface area (Å²) in [6.45, 7) is 1.51. The normalized spacial score (nSPS) is 10.4. The average Bonchev–Trinajstić information content (AvgIpc) is 2.37. The van der Waals surface area contributed by atoms with Crippen molar-refractivity contribution in [3.05, 3.63) is 56.2 Å². The second-order valence-electron chi connectivity index (χ2n) is 3.87. The predicted molar refractivity (Wildman–Crippen MR) is 69.8 cm³/mol. The van der Waals surface area contributed by atoms with E-state index in [2.05, 4.69) is 20.9 Å². The molecule has 0 bridgehead atoms. The Morgan fingerprint density at radius 2 is 2.05 bits per heavy atom. The van der Waals surface area contributed by atoms with Gasteiger partial charge in [-0.3, -0.25) is 10.1 Å². The molecule has 20 heavy (non-hydrogen) atoms. The van der Waals surface area contributed by atoms with Crippen molar-refractivity contribution in [2.24, 2.45) is 0 Å². The van der Waals surface area contributed by atoms with Crippen molar-refractivity contribution in [3.63, 3.8) is 0 Å². The molecule has 0 atom stereocenters. The summed E-state index contributed by atoms with van der Waals surface area (Å²) in [6, 6.07) is 3.19. The van der Waals surface area contributed by atoms with Crippen molar-refractivity contribution >= 4 is 21.6 Å². The third-order valence-electron chi connectivity index (χ3n) is 2.42. The number of hydrogen-bond acceptors (Lipinski definition) is 4. The predicted octanol–water partition coefficient (Wildman–Crippen LogP) is 4.13. The summed E-state index contributed by atoms with van der Waals surface area (Å²) in [5, 5.41) is 10.8. The molecular weight excluding hydrogens is 338 g/mol. The second-order valence-corrected chi connectivity index (χ2v) is 4.78. The van der Waals surface area contributed by atoms with Gasteiger partial charge in [-0.25, -0.2) is 9.37 Å². The number of nitrogens with zero attached hydrogens (tertiary/aromatic N) is 2. The zero-order valence-electron chi connectivity index (χ0n) is 10.1. The zero-order chi connectivity index (χ0) is 14.9. The third kappa shape index (κ3) is 2.90. The molecule has 0 N–H and O–H groups in total. The smallest absolute Gasteiger partial charge is 0.279 e. The van der Waals surface area contributed by atoms with Crippen molar-refractivity contribution in [1.82, 2.24) is 4.98 Å². The van der Waals surface area contributed by atoms with E-state index in [1.165, 1.54) is 19.2 Å². The molecule has 5 nitrogen and oxygen atoms in total. The maximum Gasteiger partial charge on any atom is 0.279 e. The molecule has 1 heterocycles. The Morgan fingerprint density at radius 1 is 1.35 bits per heavy atom. The van der Waals surface area contributed by atoms with Gasteiger partial charge in [-0.05, 0) is 19.1 Å². The van der Waals surface area contributed by atoms with Crippen LogP contribution < -0.4 is 4.74 Å². The molecule has 0 radical (unpaired) electrons. The van der Waals surface area contributed by atoms with Crippen molar-refractivity contribution in [3.8, 4) is 11.6 Å². The number of benzene rings is 1. The highest BCUT2D eigenvalue weighted by Crippen LogP contribution is 2.30. The minimum absolute atomic E-state index is 0.196. The number of aromatic nitrogens is 1. The lowest BCUT2D eigenvalue weighted by Gasteiger charge is -2.07. The Bertz CT molecular complexity index is 695. The van der Waals surface area contributed by atoms with Crippen LogP contribution in [0.5, 0.6) is 11.6 Å². The maximum absolute atomic E-state index is 13.5. The maximum atomic E-state index is 13.5. The average molecular weight is 345 g/mol. The molecule has 8 heteroatoms. The van der Waals surface area contributed by atoms with Crippen LogP contribution >= 0.6 is 15.9 Å². The quantitative estimate of drug-likeness (QED) is 0.477. The Labute approximate surface area is 120 Å². The van der Waals surface area contributed by atoms with Crippen LogP contribution in [-0.4, -0.2) is 9.91 Å². The van der Waals surface area contributed by atoms with Crippen LogP contribution in [0.4, 0.5) is 14.5 Å². The minimum atomic E-state index is -1.20. The number of rotatable bonds is 3. The lowest BCUT2D eigenvalue weighted by molar-refractivity contribution is -0.385. The minimum Gasteiger partial charge on any atom is -0.436 e. The topological polar surface area (TPSA) is 65.3 Å². The fourth-order valence-corrected chi connectivity index (χ4v) is 1.88. The number of hydrogen-bond donors (Lipinski definition) is 0. The summed E-state index contributed by atoms with van der Waals surface area (Å²) in [4.78, 5) is 14.0.